The van der Waals surface area contributed by atoms with E-state index in [2.05, 4.69) is 32.8 Å². The number of nitrogens with zero attached hydrogens (tertiary/aromatic N) is 2. The summed E-state index contributed by atoms with van der Waals surface area (Å²) in [5.41, 5.74) is 12.6. The molecule has 0 spiro atoms. The van der Waals surface area contributed by atoms with E-state index in [1.165, 1.54) is 0 Å². The number of nitrogens with one attached hydrogen (secondary N) is 2. The maximum atomic E-state index is 10.7. The second kappa shape index (κ2) is 6.97. The lowest BCUT2D eigenvalue weighted by Crippen LogP contribution is -2.31. The Morgan fingerprint density at radius 3 is 2.93 bits per heavy atom. The van der Waals surface area contributed by atoms with Crippen LogP contribution in [0, 0.1) is 11.8 Å². The summed E-state index contributed by atoms with van der Waals surface area (Å²) < 4.78 is 0. The van der Waals surface area contributed by atoms with Gasteiger partial charge in [0.1, 0.15) is 12.3 Å². The van der Waals surface area contributed by atoms with Crippen molar-refractivity contribution in [2.45, 2.75) is 25.1 Å². The minimum atomic E-state index is -0.750. The molecule has 0 radical (unpaired) electrons. The van der Waals surface area contributed by atoms with Crippen LogP contribution in [0.2, 0.25) is 0 Å². The summed E-state index contributed by atoms with van der Waals surface area (Å²) >= 11 is 0. The van der Waals surface area contributed by atoms with Crippen LogP contribution in [-0.4, -0.2) is 54.2 Å². The molecular weight excluding hydrogens is 378 g/mol. The predicted octanol–water partition coefficient (Wildman–Crippen LogP) is 1.50. The fourth-order valence-corrected chi connectivity index (χ4v) is 5.26. The van der Waals surface area contributed by atoms with Crippen LogP contribution in [0.1, 0.15) is 18.4 Å². The number of hydrogen-bond donors (Lipinski definition) is 4. The van der Waals surface area contributed by atoms with Crippen LogP contribution in [0.4, 0.5) is 5.69 Å². The van der Waals surface area contributed by atoms with Crippen molar-refractivity contribution >= 4 is 11.4 Å². The van der Waals surface area contributed by atoms with Crippen molar-refractivity contribution in [2.24, 2.45) is 22.7 Å². The van der Waals surface area contributed by atoms with Crippen molar-refractivity contribution in [3.05, 3.63) is 64.5 Å². The van der Waals surface area contributed by atoms with Crippen LogP contribution >= 0.6 is 0 Å². The van der Waals surface area contributed by atoms with Gasteiger partial charge in [0.05, 0.1) is 5.70 Å². The Morgan fingerprint density at radius 2 is 2.07 bits per heavy atom. The molecule has 1 saturated heterocycles. The molecule has 6 rings (SSSR count). The zero-order valence-corrected chi connectivity index (χ0v) is 16.8. The Balaban J connectivity index is 1.25. The Labute approximate surface area is 175 Å². The quantitative estimate of drug-likeness (QED) is 0.448. The molecule has 0 bridgehead atoms. The van der Waals surface area contributed by atoms with Gasteiger partial charge in [-0.2, -0.15) is 0 Å². The summed E-state index contributed by atoms with van der Waals surface area (Å²) in [4.78, 5) is 8.19. The van der Waals surface area contributed by atoms with Gasteiger partial charge < -0.3 is 26.3 Å². The number of oxime groups is 1. The molecule has 0 amide bonds. The van der Waals surface area contributed by atoms with E-state index in [1.807, 2.05) is 24.3 Å². The normalized spacial score (nSPS) is 35.2. The lowest BCUT2D eigenvalue weighted by Gasteiger charge is -2.17. The van der Waals surface area contributed by atoms with Crippen LogP contribution in [0.15, 0.2) is 64.1 Å². The average molecular weight is 406 g/mol. The van der Waals surface area contributed by atoms with Gasteiger partial charge in [-0.15, -0.1) is 0 Å². The molecule has 2 fully saturated rings. The molecule has 2 aliphatic carbocycles. The standard InChI is InChI=1S/C23H27N5O2/c24-20-15-11-28(12-16(15)20)9-10-30-27-21-14-6-2-4-8-18(14)25-22(21)19-13-5-1-3-7-17(13)26-23(19)29/h1-2,4-6,8,15-16,20,23,25-26,29H,3,7,9-12,24H2/b22-19-,27-21+/t15-,16+,20+,23?. The first kappa shape index (κ1) is 18.2. The average Bonchev–Trinajstić information content (AvgIpc) is 3.16. The number of para-hydroxylation sites is 1. The third-order valence-corrected chi connectivity index (χ3v) is 6.98. The summed E-state index contributed by atoms with van der Waals surface area (Å²) in [6.45, 7) is 3.55. The van der Waals surface area contributed by atoms with Gasteiger partial charge in [-0.1, -0.05) is 35.5 Å². The summed E-state index contributed by atoms with van der Waals surface area (Å²) in [5.74, 6) is 1.36. The van der Waals surface area contributed by atoms with E-state index in [4.69, 9.17) is 10.6 Å². The lowest BCUT2D eigenvalue weighted by atomic mass is 9.96. The van der Waals surface area contributed by atoms with Crippen LogP contribution in [0.5, 0.6) is 0 Å². The first-order chi connectivity index (χ1) is 14.7. The van der Waals surface area contributed by atoms with Crippen molar-refractivity contribution in [3.63, 3.8) is 0 Å². The van der Waals surface area contributed by atoms with Crippen molar-refractivity contribution in [3.8, 4) is 0 Å². The Kier molecular flexibility index (Phi) is 4.23. The highest BCUT2D eigenvalue weighted by molar-refractivity contribution is 6.22. The maximum Gasteiger partial charge on any atom is 0.153 e. The second-order valence-electron chi connectivity index (χ2n) is 8.78. The van der Waals surface area contributed by atoms with Gasteiger partial charge in [0.2, 0.25) is 0 Å². The predicted molar refractivity (Wildman–Crippen MR) is 116 cm³/mol. The number of allylic oxidation sites excluding steroid dienone is 4. The van der Waals surface area contributed by atoms with Gasteiger partial charge in [-0.3, -0.25) is 4.90 Å². The minimum absolute atomic E-state index is 0.414. The highest BCUT2D eigenvalue weighted by Gasteiger charge is 2.53. The van der Waals surface area contributed by atoms with E-state index in [0.29, 0.717) is 24.5 Å². The van der Waals surface area contributed by atoms with Crippen LogP contribution in [-0.2, 0) is 4.84 Å². The van der Waals surface area contributed by atoms with Crippen LogP contribution in [0.25, 0.3) is 0 Å². The largest absolute Gasteiger partial charge is 0.394 e. The topological polar surface area (TPSA) is 95.1 Å². The number of piperidine rings is 1. The van der Waals surface area contributed by atoms with E-state index in [0.717, 1.165) is 72.0 Å². The van der Waals surface area contributed by atoms with Gasteiger partial charge in [0, 0.05) is 53.8 Å². The minimum Gasteiger partial charge on any atom is -0.394 e. The van der Waals surface area contributed by atoms with Gasteiger partial charge in [0.25, 0.3) is 0 Å². The second-order valence-corrected chi connectivity index (χ2v) is 8.78. The molecule has 7 nitrogen and oxygen atoms in total. The third kappa shape index (κ3) is 2.88. The highest BCUT2D eigenvalue weighted by Crippen LogP contribution is 2.43. The van der Waals surface area contributed by atoms with Gasteiger partial charge >= 0.3 is 0 Å². The van der Waals surface area contributed by atoms with E-state index in [-0.39, 0.29) is 0 Å². The summed E-state index contributed by atoms with van der Waals surface area (Å²) in [7, 11) is 0. The van der Waals surface area contributed by atoms with Gasteiger partial charge in [-0.05, 0) is 30.7 Å². The number of aliphatic hydroxyl groups excluding tert-OH is 1. The molecule has 1 unspecified atom stereocenters. The fourth-order valence-electron chi connectivity index (χ4n) is 5.26. The number of hydrogen-bond acceptors (Lipinski definition) is 7. The molecule has 1 saturated carbocycles. The van der Waals surface area contributed by atoms with Crippen LogP contribution in [0.3, 0.4) is 0 Å². The van der Waals surface area contributed by atoms with Gasteiger partial charge in [-0.25, -0.2) is 0 Å². The number of nitrogens with two attached hydrogens (primary N) is 1. The van der Waals surface area contributed by atoms with Gasteiger partial charge in [0.15, 0.2) is 6.23 Å². The third-order valence-electron chi connectivity index (χ3n) is 6.98. The number of likely N-dealkylation sites (tertiary alicyclic amines) is 1. The molecule has 1 aromatic rings. The maximum absolute atomic E-state index is 10.7. The molecule has 0 aromatic heterocycles. The van der Waals surface area contributed by atoms with Crippen LogP contribution < -0.4 is 16.4 Å². The number of anilines is 1. The molecule has 3 heterocycles. The zero-order valence-electron chi connectivity index (χ0n) is 16.8. The molecule has 4 atom stereocenters. The monoisotopic (exact) mass is 405 g/mol. The van der Waals surface area contributed by atoms with E-state index in [1.54, 1.807) is 0 Å². The van der Waals surface area contributed by atoms with Crippen molar-refractivity contribution in [2.75, 3.05) is 31.6 Å². The summed E-state index contributed by atoms with van der Waals surface area (Å²) in [6.07, 6.45) is 5.40. The Bertz CT molecular complexity index is 999. The van der Waals surface area contributed by atoms with Crippen molar-refractivity contribution in [1.29, 1.82) is 0 Å². The Hall–Kier alpha value is -2.61. The molecular formula is C23H27N5O2. The first-order valence-corrected chi connectivity index (χ1v) is 10.8. The number of fused-ring (bicyclic) bond motifs is 2. The SMILES string of the molecule is N[C@@H]1[C@H]2CN(CCO/N=C3/C(=C4\C5=C(CCC=C5)NC4O)Nc4ccccc43)C[C@@H]12. The van der Waals surface area contributed by atoms with E-state index >= 15 is 0 Å². The Morgan fingerprint density at radius 1 is 1.23 bits per heavy atom. The molecule has 1 aromatic carbocycles. The number of rotatable bonds is 4. The van der Waals surface area contributed by atoms with E-state index < -0.39 is 6.23 Å². The zero-order chi connectivity index (χ0) is 20.2. The highest BCUT2D eigenvalue weighted by atomic mass is 16.6. The molecule has 5 aliphatic rings. The smallest absolute Gasteiger partial charge is 0.153 e. The van der Waals surface area contributed by atoms with Crippen molar-refractivity contribution < 1.29 is 9.94 Å². The lowest BCUT2D eigenvalue weighted by molar-refractivity contribution is 0.114. The van der Waals surface area contributed by atoms with Crippen molar-refractivity contribution in [1.82, 2.24) is 10.2 Å². The van der Waals surface area contributed by atoms with E-state index in [9.17, 15) is 5.11 Å². The molecule has 7 heteroatoms. The molecule has 156 valence electrons. The number of benzene rings is 1. The molecule has 30 heavy (non-hydrogen) atoms. The molecule has 3 aliphatic heterocycles. The first-order valence-electron chi connectivity index (χ1n) is 10.8. The fraction of sp³-hybridized carbons (Fsp3) is 0.435. The number of aliphatic hydroxyl groups is 1. The summed E-state index contributed by atoms with van der Waals surface area (Å²) in [5, 5.41) is 22.0. The molecule has 5 N–H and O–H groups in total. The summed E-state index contributed by atoms with van der Waals surface area (Å²) in [6, 6.07) is 8.47.